The molecule has 0 fully saturated rings. The number of hydrogen-bond acceptors (Lipinski definition) is 1. The molecule has 0 spiro atoms. The second kappa shape index (κ2) is 7.19. The van der Waals surface area contributed by atoms with Gasteiger partial charge in [-0.15, -0.1) is 0 Å². The van der Waals surface area contributed by atoms with E-state index in [4.69, 9.17) is 0 Å². The van der Waals surface area contributed by atoms with Crippen molar-refractivity contribution in [2.45, 2.75) is 33.2 Å². The largest absolute Gasteiger partial charge is 0.310 e. The molecule has 1 atom stereocenters. The minimum absolute atomic E-state index is 0.172. The fourth-order valence-electron chi connectivity index (χ4n) is 2.53. The molecule has 0 aromatic heterocycles. The van der Waals surface area contributed by atoms with Crippen molar-refractivity contribution in [2.24, 2.45) is 0 Å². The molecule has 21 heavy (non-hydrogen) atoms. The van der Waals surface area contributed by atoms with Gasteiger partial charge in [-0.05, 0) is 67.3 Å². The summed E-state index contributed by atoms with van der Waals surface area (Å²) in [6.07, 6.45) is 0.777. The normalized spacial score (nSPS) is 12.4. The number of rotatable bonds is 5. The van der Waals surface area contributed by atoms with Crippen molar-refractivity contribution in [3.8, 4) is 0 Å². The molecule has 112 valence electrons. The number of benzene rings is 2. The molecule has 0 aliphatic heterocycles. The van der Waals surface area contributed by atoms with Crippen LogP contribution < -0.4 is 5.32 Å². The Morgan fingerprint density at radius 1 is 1.14 bits per heavy atom. The van der Waals surface area contributed by atoms with E-state index in [1.165, 1.54) is 17.2 Å². The van der Waals surface area contributed by atoms with Gasteiger partial charge < -0.3 is 5.32 Å². The predicted octanol–water partition coefficient (Wildman–Crippen LogP) is 5.10. The van der Waals surface area contributed by atoms with Crippen LogP contribution in [-0.4, -0.2) is 6.54 Å². The third-order valence-electron chi connectivity index (χ3n) is 3.72. The Labute approximate surface area is 134 Å². The van der Waals surface area contributed by atoms with Gasteiger partial charge in [-0.1, -0.05) is 41.1 Å². The second-order valence-electron chi connectivity index (χ2n) is 5.41. The molecule has 0 amide bonds. The summed E-state index contributed by atoms with van der Waals surface area (Å²) in [5.41, 5.74) is 4.62. The fraction of sp³-hybridized carbons (Fsp3) is 0.333. The summed E-state index contributed by atoms with van der Waals surface area (Å²) in [5.74, 6) is -0.172. The minimum Gasteiger partial charge on any atom is -0.310 e. The first-order valence-electron chi connectivity index (χ1n) is 7.25. The first-order valence-corrected chi connectivity index (χ1v) is 8.05. The standard InChI is InChI=1S/C18H21BrFN/c1-4-21-18(16-8-5-12(2)9-17(16)19)11-14-10-15(20)7-6-13(14)3/h5-10,18,21H,4,11H2,1-3H3. The third-order valence-corrected chi connectivity index (χ3v) is 4.40. The fourth-order valence-corrected chi connectivity index (χ4v) is 3.30. The van der Waals surface area contributed by atoms with E-state index in [-0.39, 0.29) is 11.9 Å². The molecule has 3 heteroatoms. The maximum atomic E-state index is 13.5. The molecule has 1 nitrogen and oxygen atoms in total. The SMILES string of the molecule is CCNC(Cc1cc(F)ccc1C)c1ccc(C)cc1Br. The van der Waals surface area contributed by atoms with Gasteiger partial charge in [-0.3, -0.25) is 0 Å². The molecular formula is C18H21BrFN. The van der Waals surface area contributed by atoms with Gasteiger partial charge >= 0.3 is 0 Å². The number of likely N-dealkylation sites (N-methyl/N-ethyl adjacent to an activating group) is 1. The Balaban J connectivity index is 2.32. The highest BCUT2D eigenvalue weighted by Crippen LogP contribution is 2.28. The minimum atomic E-state index is -0.172. The maximum absolute atomic E-state index is 13.5. The lowest BCUT2D eigenvalue weighted by Crippen LogP contribution is -2.23. The zero-order valence-electron chi connectivity index (χ0n) is 12.7. The van der Waals surface area contributed by atoms with Crippen molar-refractivity contribution in [3.63, 3.8) is 0 Å². The first-order chi connectivity index (χ1) is 10.0. The lowest BCUT2D eigenvalue weighted by atomic mass is 9.95. The van der Waals surface area contributed by atoms with Crippen molar-refractivity contribution < 1.29 is 4.39 Å². The van der Waals surface area contributed by atoms with Crippen LogP contribution in [0.25, 0.3) is 0 Å². The number of hydrogen-bond donors (Lipinski definition) is 1. The Bertz CT molecular complexity index is 625. The summed E-state index contributed by atoms with van der Waals surface area (Å²) in [7, 11) is 0. The van der Waals surface area contributed by atoms with E-state index < -0.39 is 0 Å². The van der Waals surface area contributed by atoms with E-state index >= 15 is 0 Å². The summed E-state index contributed by atoms with van der Waals surface area (Å²) < 4.78 is 14.6. The average Bonchev–Trinajstić information content (AvgIpc) is 2.42. The molecule has 1 N–H and O–H groups in total. The number of halogens is 2. The Morgan fingerprint density at radius 2 is 1.90 bits per heavy atom. The van der Waals surface area contributed by atoms with Gasteiger partial charge in [0.2, 0.25) is 0 Å². The van der Waals surface area contributed by atoms with Crippen LogP contribution in [0.5, 0.6) is 0 Å². The van der Waals surface area contributed by atoms with Crippen molar-refractivity contribution in [3.05, 3.63) is 68.9 Å². The van der Waals surface area contributed by atoms with Crippen LogP contribution in [0, 0.1) is 19.7 Å². The van der Waals surface area contributed by atoms with Gasteiger partial charge in [-0.25, -0.2) is 4.39 Å². The quantitative estimate of drug-likeness (QED) is 0.791. The monoisotopic (exact) mass is 349 g/mol. The number of nitrogens with one attached hydrogen (secondary N) is 1. The highest BCUT2D eigenvalue weighted by Gasteiger charge is 2.15. The highest BCUT2D eigenvalue weighted by atomic mass is 79.9. The maximum Gasteiger partial charge on any atom is 0.123 e. The molecule has 0 radical (unpaired) electrons. The summed E-state index contributed by atoms with van der Waals surface area (Å²) in [4.78, 5) is 0. The van der Waals surface area contributed by atoms with Gasteiger partial charge in [0.25, 0.3) is 0 Å². The molecule has 2 aromatic rings. The summed E-state index contributed by atoms with van der Waals surface area (Å²) in [5, 5.41) is 3.50. The van der Waals surface area contributed by atoms with Crippen LogP contribution in [0.2, 0.25) is 0 Å². The first kappa shape index (κ1) is 16.2. The van der Waals surface area contributed by atoms with Gasteiger partial charge in [0.05, 0.1) is 0 Å². The van der Waals surface area contributed by atoms with Crippen LogP contribution in [0.4, 0.5) is 4.39 Å². The second-order valence-corrected chi connectivity index (χ2v) is 6.26. The Hall–Kier alpha value is -1.19. The summed E-state index contributed by atoms with van der Waals surface area (Å²) in [6.45, 7) is 7.07. The lowest BCUT2D eigenvalue weighted by molar-refractivity contribution is 0.543. The molecule has 0 heterocycles. The highest BCUT2D eigenvalue weighted by molar-refractivity contribution is 9.10. The summed E-state index contributed by atoms with van der Waals surface area (Å²) in [6, 6.07) is 11.6. The molecule has 0 saturated carbocycles. The van der Waals surface area contributed by atoms with Crippen molar-refractivity contribution in [2.75, 3.05) is 6.54 Å². The third kappa shape index (κ3) is 4.14. The van der Waals surface area contributed by atoms with Crippen LogP contribution in [0.15, 0.2) is 40.9 Å². The zero-order chi connectivity index (χ0) is 15.4. The van der Waals surface area contributed by atoms with Crippen LogP contribution >= 0.6 is 15.9 Å². The predicted molar refractivity (Wildman–Crippen MR) is 90.1 cm³/mol. The van der Waals surface area contributed by atoms with Crippen LogP contribution in [0.3, 0.4) is 0 Å². The molecule has 0 aliphatic carbocycles. The Morgan fingerprint density at radius 3 is 2.57 bits per heavy atom. The topological polar surface area (TPSA) is 12.0 Å². The van der Waals surface area contributed by atoms with Crippen molar-refractivity contribution in [1.29, 1.82) is 0 Å². The molecule has 0 aliphatic rings. The average molecular weight is 350 g/mol. The van der Waals surface area contributed by atoms with Crippen LogP contribution in [0.1, 0.15) is 35.2 Å². The van der Waals surface area contributed by atoms with E-state index in [9.17, 15) is 4.39 Å². The van der Waals surface area contributed by atoms with E-state index in [0.717, 1.165) is 28.6 Å². The molecular weight excluding hydrogens is 329 g/mol. The molecule has 0 bridgehead atoms. The van der Waals surface area contributed by atoms with Gasteiger partial charge in [0, 0.05) is 10.5 Å². The van der Waals surface area contributed by atoms with Crippen molar-refractivity contribution >= 4 is 15.9 Å². The van der Waals surface area contributed by atoms with Gasteiger partial charge in [0.1, 0.15) is 5.82 Å². The van der Waals surface area contributed by atoms with E-state index in [0.29, 0.717) is 0 Å². The molecule has 0 saturated heterocycles. The van der Waals surface area contributed by atoms with Gasteiger partial charge in [-0.2, -0.15) is 0 Å². The lowest BCUT2D eigenvalue weighted by Gasteiger charge is -2.21. The number of aryl methyl sites for hydroxylation is 2. The summed E-state index contributed by atoms with van der Waals surface area (Å²) >= 11 is 3.65. The van der Waals surface area contributed by atoms with E-state index in [1.54, 1.807) is 6.07 Å². The zero-order valence-corrected chi connectivity index (χ0v) is 14.3. The molecule has 2 aromatic carbocycles. The van der Waals surface area contributed by atoms with Crippen molar-refractivity contribution in [1.82, 2.24) is 5.32 Å². The Kier molecular flexibility index (Phi) is 5.54. The molecule has 1 unspecified atom stereocenters. The van der Waals surface area contributed by atoms with Crippen LogP contribution in [-0.2, 0) is 6.42 Å². The smallest absolute Gasteiger partial charge is 0.123 e. The van der Waals surface area contributed by atoms with E-state index in [1.807, 2.05) is 13.0 Å². The molecule has 2 rings (SSSR count). The van der Waals surface area contributed by atoms with Gasteiger partial charge in [0.15, 0.2) is 0 Å². The van der Waals surface area contributed by atoms with E-state index in [2.05, 4.69) is 53.3 Å².